The van der Waals surface area contributed by atoms with Gasteiger partial charge in [-0.3, -0.25) is 0 Å². The van der Waals surface area contributed by atoms with Crippen LogP contribution in [0.3, 0.4) is 0 Å². The molecule has 0 nitrogen and oxygen atoms in total. The standard InChI is InChI=1S/C20H25Br.ClH/c1-17(16-19-12-14-20(21)15-13-19)8-4-2-5-9-18-10-6-3-7-11-18;/h3,6-7,10-15,17H,2,4-5,8-9,16H2,1H3;1H. The second kappa shape index (κ2) is 10.9. The predicted molar refractivity (Wildman–Crippen MR) is 103 cm³/mol. The van der Waals surface area contributed by atoms with Crippen LogP contribution in [0.25, 0.3) is 0 Å². The van der Waals surface area contributed by atoms with Gasteiger partial charge in [-0.15, -0.1) is 12.4 Å². The molecule has 0 saturated carbocycles. The molecule has 1 unspecified atom stereocenters. The highest BCUT2D eigenvalue weighted by molar-refractivity contribution is 9.10. The van der Waals surface area contributed by atoms with E-state index in [0.717, 1.165) is 5.92 Å². The Morgan fingerprint density at radius 2 is 1.50 bits per heavy atom. The van der Waals surface area contributed by atoms with Gasteiger partial charge in [0.1, 0.15) is 0 Å². The summed E-state index contributed by atoms with van der Waals surface area (Å²) >= 11 is 3.49. The maximum absolute atomic E-state index is 3.49. The molecule has 1 atom stereocenters. The lowest BCUT2D eigenvalue weighted by atomic mass is 9.95. The Kier molecular flexibility index (Phi) is 9.50. The van der Waals surface area contributed by atoms with Gasteiger partial charge >= 0.3 is 0 Å². The van der Waals surface area contributed by atoms with E-state index in [1.807, 2.05) is 0 Å². The number of unbranched alkanes of at least 4 members (excludes halogenated alkanes) is 2. The fraction of sp³-hybridized carbons (Fsp3) is 0.400. The summed E-state index contributed by atoms with van der Waals surface area (Å²) in [5.41, 5.74) is 2.93. The van der Waals surface area contributed by atoms with Gasteiger partial charge in [0.25, 0.3) is 0 Å². The highest BCUT2D eigenvalue weighted by atomic mass is 79.9. The number of halogens is 2. The minimum atomic E-state index is 0. The molecule has 0 aliphatic carbocycles. The highest BCUT2D eigenvalue weighted by Gasteiger charge is 2.04. The Morgan fingerprint density at radius 1 is 0.818 bits per heavy atom. The third kappa shape index (κ3) is 7.47. The van der Waals surface area contributed by atoms with Crippen LogP contribution in [0.15, 0.2) is 59.1 Å². The molecule has 2 heteroatoms. The molecule has 0 spiro atoms. The molecule has 0 radical (unpaired) electrons. The topological polar surface area (TPSA) is 0 Å². The van der Waals surface area contributed by atoms with Crippen molar-refractivity contribution in [1.29, 1.82) is 0 Å². The average molecular weight is 382 g/mol. The van der Waals surface area contributed by atoms with Crippen molar-refractivity contribution in [1.82, 2.24) is 0 Å². The number of benzene rings is 2. The van der Waals surface area contributed by atoms with Gasteiger partial charge < -0.3 is 0 Å². The molecule has 0 aromatic heterocycles. The molecule has 2 aromatic carbocycles. The van der Waals surface area contributed by atoms with Crippen LogP contribution in [0.5, 0.6) is 0 Å². The quantitative estimate of drug-likeness (QED) is 0.438. The Bertz CT molecular complexity index is 507. The summed E-state index contributed by atoms with van der Waals surface area (Å²) < 4.78 is 1.17. The Labute approximate surface area is 149 Å². The van der Waals surface area contributed by atoms with E-state index in [2.05, 4.69) is 77.5 Å². The zero-order chi connectivity index (χ0) is 14.9. The van der Waals surface area contributed by atoms with Crippen LogP contribution in [0.4, 0.5) is 0 Å². The lowest BCUT2D eigenvalue weighted by Gasteiger charge is -2.11. The van der Waals surface area contributed by atoms with E-state index in [9.17, 15) is 0 Å². The van der Waals surface area contributed by atoms with Crippen LogP contribution < -0.4 is 0 Å². The molecule has 0 bridgehead atoms. The molecule has 22 heavy (non-hydrogen) atoms. The van der Waals surface area contributed by atoms with Gasteiger partial charge in [-0.1, -0.05) is 84.6 Å². The van der Waals surface area contributed by atoms with Crippen LogP contribution in [0.1, 0.15) is 43.7 Å². The zero-order valence-electron chi connectivity index (χ0n) is 13.3. The normalized spacial score (nSPS) is 11.7. The Hall–Kier alpha value is -0.790. The minimum Gasteiger partial charge on any atom is -0.147 e. The zero-order valence-corrected chi connectivity index (χ0v) is 15.7. The smallest absolute Gasteiger partial charge is 0.0175 e. The fourth-order valence-electron chi connectivity index (χ4n) is 2.77. The third-order valence-corrected chi connectivity index (χ3v) is 4.53. The molecule has 0 aliphatic heterocycles. The molecule has 0 saturated heterocycles. The van der Waals surface area contributed by atoms with Crippen LogP contribution in [0, 0.1) is 5.92 Å². The van der Waals surface area contributed by atoms with E-state index in [1.54, 1.807) is 0 Å². The second-order valence-corrected chi connectivity index (χ2v) is 6.94. The van der Waals surface area contributed by atoms with Gasteiger partial charge in [0, 0.05) is 4.47 Å². The predicted octanol–water partition coefficient (Wildman–Crippen LogP) is 6.85. The average Bonchev–Trinajstić information content (AvgIpc) is 2.50. The monoisotopic (exact) mass is 380 g/mol. The first-order chi connectivity index (χ1) is 10.2. The van der Waals surface area contributed by atoms with Crippen molar-refractivity contribution >= 4 is 28.3 Å². The van der Waals surface area contributed by atoms with E-state index in [4.69, 9.17) is 0 Å². The number of hydrogen-bond acceptors (Lipinski definition) is 0. The molecular formula is C20H26BrCl. The molecule has 2 aromatic rings. The fourth-order valence-corrected chi connectivity index (χ4v) is 3.03. The molecule has 0 heterocycles. The van der Waals surface area contributed by atoms with Gasteiger partial charge in [-0.25, -0.2) is 0 Å². The van der Waals surface area contributed by atoms with Crippen molar-refractivity contribution in [2.75, 3.05) is 0 Å². The summed E-state index contributed by atoms with van der Waals surface area (Å²) in [4.78, 5) is 0. The maximum Gasteiger partial charge on any atom is 0.0175 e. The summed E-state index contributed by atoms with van der Waals surface area (Å²) in [6, 6.07) is 19.6. The van der Waals surface area contributed by atoms with Gasteiger partial charge in [-0.2, -0.15) is 0 Å². The lowest BCUT2D eigenvalue weighted by Crippen LogP contribution is -2.00. The van der Waals surface area contributed by atoms with Crippen molar-refractivity contribution in [3.8, 4) is 0 Å². The maximum atomic E-state index is 3.49. The summed E-state index contributed by atoms with van der Waals surface area (Å²) in [6.07, 6.45) is 7.78. The van der Waals surface area contributed by atoms with Crippen molar-refractivity contribution < 1.29 is 0 Å². The van der Waals surface area contributed by atoms with E-state index < -0.39 is 0 Å². The largest absolute Gasteiger partial charge is 0.147 e. The summed E-state index contributed by atoms with van der Waals surface area (Å²) in [7, 11) is 0. The van der Waals surface area contributed by atoms with E-state index in [1.165, 1.54) is 54.1 Å². The first-order valence-corrected chi connectivity index (χ1v) is 8.81. The van der Waals surface area contributed by atoms with Crippen molar-refractivity contribution in [2.24, 2.45) is 5.92 Å². The van der Waals surface area contributed by atoms with Gasteiger partial charge in [-0.05, 0) is 48.4 Å². The molecule has 2 rings (SSSR count). The molecule has 0 amide bonds. The Morgan fingerprint density at radius 3 is 2.18 bits per heavy atom. The lowest BCUT2D eigenvalue weighted by molar-refractivity contribution is 0.488. The molecule has 0 aliphatic rings. The van der Waals surface area contributed by atoms with Crippen LogP contribution in [-0.4, -0.2) is 0 Å². The number of rotatable bonds is 8. The van der Waals surface area contributed by atoms with Crippen LogP contribution in [0.2, 0.25) is 0 Å². The van der Waals surface area contributed by atoms with Gasteiger partial charge in [0.15, 0.2) is 0 Å². The van der Waals surface area contributed by atoms with E-state index in [0.29, 0.717) is 0 Å². The van der Waals surface area contributed by atoms with Crippen molar-refractivity contribution in [3.05, 3.63) is 70.2 Å². The first-order valence-electron chi connectivity index (χ1n) is 8.02. The third-order valence-electron chi connectivity index (χ3n) is 4.00. The number of hydrogen-bond donors (Lipinski definition) is 0. The number of aryl methyl sites for hydroxylation is 1. The van der Waals surface area contributed by atoms with Gasteiger partial charge in [0.05, 0.1) is 0 Å². The van der Waals surface area contributed by atoms with Crippen LogP contribution in [-0.2, 0) is 12.8 Å². The van der Waals surface area contributed by atoms with E-state index in [-0.39, 0.29) is 12.4 Å². The Balaban J connectivity index is 0.00000242. The van der Waals surface area contributed by atoms with Gasteiger partial charge in [0.2, 0.25) is 0 Å². The van der Waals surface area contributed by atoms with Crippen molar-refractivity contribution in [3.63, 3.8) is 0 Å². The SMILES string of the molecule is CC(CCCCCc1ccccc1)Cc1ccc(Br)cc1.Cl. The molecule has 0 fully saturated rings. The first kappa shape index (κ1) is 19.3. The summed E-state index contributed by atoms with van der Waals surface area (Å²) in [5, 5.41) is 0. The summed E-state index contributed by atoms with van der Waals surface area (Å²) in [6.45, 7) is 2.37. The molecule has 120 valence electrons. The van der Waals surface area contributed by atoms with E-state index >= 15 is 0 Å². The summed E-state index contributed by atoms with van der Waals surface area (Å²) in [5.74, 6) is 0.780. The molecular weight excluding hydrogens is 356 g/mol. The minimum absolute atomic E-state index is 0. The van der Waals surface area contributed by atoms with Crippen molar-refractivity contribution in [2.45, 2.75) is 45.4 Å². The molecule has 0 N–H and O–H groups in total. The highest BCUT2D eigenvalue weighted by Crippen LogP contribution is 2.18. The second-order valence-electron chi connectivity index (χ2n) is 6.02. The van der Waals surface area contributed by atoms with Crippen LogP contribution >= 0.6 is 28.3 Å².